The van der Waals surface area contributed by atoms with Crippen molar-refractivity contribution in [3.05, 3.63) is 81.6 Å². The third-order valence-corrected chi connectivity index (χ3v) is 8.28. The maximum atomic E-state index is 13.6. The number of anilines is 1. The molecule has 5 rings (SSSR count). The second-order valence-corrected chi connectivity index (χ2v) is 10.5. The lowest BCUT2D eigenvalue weighted by atomic mass is 9.94. The molecule has 3 aromatic rings. The molecular formula is C28H29FN4O3S. The summed E-state index contributed by atoms with van der Waals surface area (Å²) in [5.41, 5.74) is 2.19. The van der Waals surface area contributed by atoms with Crippen molar-refractivity contribution < 1.29 is 18.8 Å². The average molecular weight is 521 g/mol. The molecule has 2 aromatic carbocycles. The molecule has 3 amide bonds. The van der Waals surface area contributed by atoms with Crippen molar-refractivity contribution in [1.82, 2.24) is 14.8 Å². The Morgan fingerprint density at radius 2 is 2.03 bits per heavy atom. The fourth-order valence-corrected chi connectivity index (χ4v) is 5.94. The maximum absolute atomic E-state index is 13.6. The van der Waals surface area contributed by atoms with Gasteiger partial charge in [0.15, 0.2) is 0 Å². The summed E-state index contributed by atoms with van der Waals surface area (Å²) in [4.78, 5) is 49.3. The molecule has 1 fully saturated rings. The van der Waals surface area contributed by atoms with Crippen molar-refractivity contribution in [3.8, 4) is 0 Å². The first-order valence-corrected chi connectivity index (χ1v) is 13.4. The van der Waals surface area contributed by atoms with Gasteiger partial charge in [0.25, 0.3) is 11.8 Å². The van der Waals surface area contributed by atoms with Crippen LogP contribution in [0.15, 0.2) is 54.0 Å². The van der Waals surface area contributed by atoms with E-state index in [0.29, 0.717) is 36.3 Å². The predicted octanol–water partition coefficient (Wildman–Crippen LogP) is 4.56. The molecule has 2 unspecified atom stereocenters. The molecule has 2 atom stereocenters. The van der Waals surface area contributed by atoms with Crippen LogP contribution in [-0.2, 0) is 11.2 Å². The Morgan fingerprint density at radius 3 is 2.78 bits per heavy atom. The first-order valence-electron chi connectivity index (χ1n) is 12.5. The highest BCUT2D eigenvalue weighted by Gasteiger charge is 2.39. The first-order chi connectivity index (χ1) is 17.8. The molecular weight excluding hydrogens is 491 g/mol. The highest BCUT2D eigenvalue weighted by Crippen LogP contribution is 2.35. The van der Waals surface area contributed by atoms with Gasteiger partial charge >= 0.3 is 0 Å². The van der Waals surface area contributed by atoms with Crippen LogP contribution in [0.4, 0.5) is 10.1 Å². The minimum atomic E-state index is -0.344. The average Bonchev–Trinajstić information content (AvgIpc) is 3.54. The summed E-state index contributed by atoms with van der Waals surface area (Å²) in [6.07, 6.45) is 3.70. The Kier molecular flexibility index (Phi) is 7.06. The summed E-state index contributed by atoms with van der Waals surface area (Å²) in [6, 6.07) is 11.4. The van der Waals surface area contributed by atoms with Crippen LogP contribution in [0.1, 0.15) is 57.1 Å². The van der Waals surface area contributed by atoms with Crippen LogP contribution in [0, 0.1) is 11.7 Å². The number of benzene rings is 2. The third-order valence-electron chi connectivity index (χ3n) is 7.34. The topological polar surface area (TPSA) is 73.8 Å². The van der Waals surface area contributed by atoms with E-state index in [2.05, 4.69) is 9.88 Å². The van der Waals surface area contributed by atoms with Crippen LogP contribution in [0.5, 0.6) is 0 Å². The molecule has 0 radical (unpaired) electrons. The van der Waals surface area contributed by atoms with Gasteiger partial charge in [0.05, 0.1) is 28.8 Å². The zero-order valence-corrected chi connectivity index (χ0v) is 21.7. The summed E-state index contributed by atoms with van der Waals surface area (Å²) in [5, 5.41) is 2.80. The summed E-state index contributed by atoms with van der Waals surface area (Å²) >= 11 is 1.53. The van der Waals surface area contributed by atoms with Crippen molar-refractivity contribution >= 4 is 34.7 Å². The SMILES string of the molecule is CC(c1nccs1)N(C)C(=O)C1CCCN(c2cccc3c2C(=O)N(CCc2cccc(F)c2)C3=O)C1. The summed E-state index contributed by atoms with van der Waals surface area (Å²) in [5.74, 6) is -1.18. The molecule has 0 bridgehead atoms. The lowest BCUT2D eigenvalue weighted by Crippen LogP contribution is -2.44. The lowest BCUT2D eigenvalue weighted by molar-refractivity contribution is -0.136. The minimum Gasteiger partial charge on any atom is -0.370 e. The number of fused-ring (bicyclic) bond motifs is 1. The van der Waals surface area contributed by atoms with Crippen molar-refractivity contribution in [3.63, 3.8) is 0 Å². The Morgan fingerprint density at radius 1 is 1.22 bits per heavy atom. The van der Waals surface area contributed by atoms with Gasteiger partial charge in [-0.15, -0.1) is 11.3 Å². The number of imide groups is 1. The van der Waals surface area contributed by atoms with E-state index in [9.17, 15) is 18.8 Å². The van der Waals surface area contributed by atoms with Crippen LogP contribution in [0.25, 0.3) is 0 Å². The highest BCUT2D eigenvalue weighted by atomic mass is 32.1. The summed E-state index contributed by atoms with van der Waals surface area (Å²) in [7, 11) is 1.81. The number of hydrogen-bond acceptors (Lipinski definition) is 6. The van der Waals surface area contributed by atoms with Crippen molar-refractivity contribution in [2.45, 2.75) is 32.2 Å². The molecule has 0 saturated carbocycles. The second-order valence-electron chi connectivity index (χ2n) is 9.62. The van der Waals surface area contributed by atoms with E-state index in [-0.39, 0.29) is 42.0 Å². The van der Waals surface area contributed by atoms with Gasteiger partial charge in [-0.25, -0.2) is 9.37 Å². The largest absolute Gasteiger partial charge is 0.370 e. The standard InChI is InChI=1S/C28H29FN4O3S/c1-18(25-30-12-15-37-25)31(2)26(34)20-7-5-13-32(17-20)23-10-4-9-22-24(23)28(36)33(27(22)35)14-11-19-6-3-8-21(29)16-19/h3-4,6,8-10,12,15-16,18,20H,5,7,11,13-14,17H2,1-2H3. The van der Waals surface area contributed by atoms with E-state index in [1.54, 1.807) is 35.4 Å². The third kappa shape index (κ3) is 4.87. The number of hydrogen-bond donors (Lipinski definition) is 0. The van der Waals surface area contributed by atoms with Crippen LogP contribution >= 0.6 is 11.3 Å². The summed E-state index contributed by atoms with van der Waals surface area (Å²) in [6.45, 7) is 3.34. The second kappa shape index (κ2) is 10.4. The Bertz CT molecular complexity index is 1330. The summed E-state index contributed by atoms with van der Waals surface area (Å²) < 4.78 is 13.6. The lowest BCUT2D eigenvalue weighted by Gasteiger charge is -2.37. The van der Waals surface area contributed by atoms with Gasteiger partial charge in [0, 0.05) is 38.3 Å². The van der Waals surface area contributed by atoms with Crippen LogP contribution in [0.3, 0.4) is 0 Å². The van der Waals surface area contributed by atoms with E-state index in [1.807, 2.05) is 25.4 Å². The van der Waals surface area contributed by atoms with E-state index in [4.69, 9.17) is 0 Å². The number of carbonyl (C=O) groups is 3. The molecule has 7 nitrogen and oxygen atoms in total. The number of rotatable bonds is 7. The van der Waals surface area contributed by atoms with E-state index in [0.717, 1.165) is 23.4 Å². The van der Waals surface area contributed by atoms with Gasteiger partial charge in [-0.2, -0.15) is 0 Å². The Balaban J connectivity index is 1.32. The quantitative estimate of drug-likeness (QED) is 0.427. The van der Waals surface area contributed by atoms with Gasteiger partial charge in [0.1, 0.15) is 10.8 Å². The van der Waals surface area contributed by atoms with E-state index < -0.39 is 0 Å². The molecule has 1 saturated heterocycles. The molecule has 37 heavy (non-hydrogen) atoms. The van der Waals surface area contributed by atoms with Gasteiger partial charge < -0.3 is 9.80 Å². The monoisotopic (exact) mass is 520 g/mol. The van der Waals surface area contributed by atoms with Gasteiger partial charge in [-0.05, 0) is 56.0 Å². The Hall–Kier alpha value is -3.59. The smallest absolute Gasteiger partial charge is 0.263 e. The minimum absolute atomic E-state index is 0.0547. The molecule has 3 heterocycles. The molecule has 2 aliphatic rings. The van der Waals surface area contributed by atoms with Gasteiger partial charge in [-0.3, -0.25) is 19.3 Å². The van der Waals surface area contributed by atoms with E-state index >= 15 is 0 Å². The number of amides is 3. The molecule has 0 N–H and O–H groups in total. The number of halogens is 1. The molecule has 192 valence electrons. The number of nitrogens with zero attached hydrogens (tertiary/aromatic N) is 4. The zero-order chi connectivity index (χ0) is 26.1. The van der Waals surface area contributed by atoms with Crippen molar-refractivity contribution in [2.24, 2.45) is 5.92 Å². The van der Waals surface area contributed by atoms with Crippen molar-refractivity contribution in [1.29, 1.82) is 0 Å². The molecule has 9 heteroatoms. The van der Waals surface area contributed by atoms with Gasteiger partial charge in [0.2, 0.25) is 5.91 Å². The van der Waals surface area contributed by atoms with Crippen LogP contribution in [0.2, 0.25) is 0 Å². The first kappa shape index (κ1) is 25.1. The van der Waals surface area contributed by atoms with E-state index in [1.165, 1.54) is 28.4 Å². The molecule has 1 aromatic heterocycles. The van der Waals surface area contributed by atoms with Crippen LogP contribution < -0.4 is 4.90 Å². The molecule has 2 aliphatic heterocycles. The Labute approximate surface area is 219 Å². The number of aromatic nitrogens is 1. The maximum Gasteiger partial charge on any atom is 0.263 e. The number of thiazole rings is 1. The fourth-order valence-electron chi connectivity index (χ4n) is 5.20. The van der Waals surface area contributed by atoms with Gasteiger partial charge in [-0.1, -0.05) is 18.2 Å². The number of piperidine rings is 1. The number of carbonyl (C=O) groups excluding carboxylic acids is 3. The molecule has 0 aliphatic carbocycles. The fraction of sp³-hybridized carbons (Fsp3) is 0.357. The highest BCUT2D eigenvalue weighted by molar-refractivity contribution is 7.09. The predicted molar refractivity (Wildman–Crippen MR) is 140 cm³/mol. The molecule has 0 spiro atoms. The normalized spacial score (nSPS) is 18.2. The zero-order valence-electron chi connectivity index (χ0n) is 20.9. The van der Waals surface area contributed by atoms with Crippen LogP contribution in [-0.4, -0.2) is 59.2 Å². The van der Waals surface area contributed by atoms with Crippen molar-refractivity contribution in [2.75, 3.05) is 31.6 Å².